The first kappa shape index (κ1) is 14.5. The van der Waals surface area contributed by atoms with Gasteiger partial charge in [-0.1, -0.05) is 6.92 Å². The number of anilines is 2. The van der Waals surface area contributed by atoms with E-state index in [0.717, 1.165) is 35.7 Å². The highest BCUT2D eigenvalue weighted by Gasteiger charge is 2.23. The molecule has 1 aromatic rings. The van der Waals surface area contributed by atoms with Crippen LogP contribution in [0.25, 0.3) is 0 Å². The number of nitrogens with zero attached hydrogens (tertiary/aromatic N) is 3. The summed E-state index contributed by atoms with van der Waals surface area (Å²) in [6.45, 7) is 8.41. The first-order chi connectivity index (χ1) is 9.26. The maximum atomic E-state index is 4.31. The van der Waals surface area contributed by atoms with Gasteiger partial charge in [-0.2, -0.15) is 0 Å². The second-order valence-corrected chi connectivity index (χ2v) is 5.51. The third-order valence-corrected chi connectivity index (χ3v) is 4.30. The lowest BCUT2D eigenvalue weighted by Gasteiger charge is -2.23. The summed E-state index contributed by atoms with van der Waals surface area (Å²) in [5, 5.41) is 6.65. The molecule has 1 aromatic heterocycles. The summed E-state index contributed by atoms with van der Waals surface area (Å²) in [6, 6.07) is 0.620. The van der Waals surface area contributed by atoms with Gasteiger partial charge in [0.05, 0.1) is 0 Å². The Balaban J connectivity index is 1.97. The molecule has 0 spiro atoms. The predicted octanol–water partition coefficient (Wildman–Crippen LogP) is 2.57. The summed E-state index contributed by atoms with van der Waals surface area (Å²) in [4.78, 5) is 11.0. The Morgan fingerprint density at radius 1 is 1.32 bits per heavy atom. The van der Waals surface area contributed by atoms with Crippen LogP contribution in [0.4, 0.5) is 11.6 Å². The molecule has 6 heteroatoms. The Hall–Kier alpha value is -0.880. The number of likely N-dealkylation sites (tertiary alicyclic amines) is 1. The van der Waals surface area contributed by atoms with Gasteiger partial charge in [0.25, 0.3) is 0 Å². The zero-order valence-corrected chi connectivity index (χ0v) is 13.2. The highest BCUT2D eigenvalue weighted by molar-refractivity contribution is 9.10. The van der Waals surface area contributed by atoms with Crippen LogP contribution in [0.15, 0.2) is 10.8 Å². The fourth-order valence-electron chi connectivity index (χ4n) is 2.54. The summed E-state index contributed by atoms with van der Waals surface area (Å²) in [5.74, 6) is 1.72. The van der Waals surface area contributed by atoms with E-state index in [-0.39, 0.29) is 0 Å². The number of aromatic nitrogens is 2. The average molecular weight is 328 g/mol. The van der Waals surface area contributed by atoms with Crippen molar-refractivity contribution in [1.29, 1.82) is 0 Å². The molecule has 0 bridgehead atoms. The van der Waals surface area contributed by atoms with Crippen LogP contribution in [-0.4, -0.2) is 47.1 Å². The van der Waals surface area contributed by atoms with Gasteiger partial charge in [0.15, 0.2) is 0 Å². The zero-order chi connectivity index (χ0) is 13.7. The number of hydrogen-bond acceptors (Lipinski definition) is 5. The van der Waals surface area contributed by atoms with E-state index in [0.29, 0.717) is 6.04 Å². The number of hydrogen-bond donors (Lipinski definition) is 2. The van der Waals surface area contributed by atoms with Crippen molar-refractivity contribution in [1.82, 2.24) is 14.9 Å². The Kier molecular flexibility index (Phi) is 5.39. The first-order valence-electron chi connectivity index (χ1n) is 6.98. The summed E-state index contributed by atoms with van der Waals surface area (Å²) in [5.41, 5.74) is 0. The molecule has 1 atom stereocenters. The second-order valence-electron chi connectivity index (χ2n) is 4.72. The molecule has 0 aromatic carbocycles. The smallest absolute Gasteiger partial charge is 0.146 e. The van der Waals surface area contributed by atoms with Crippen LogP contribution >= 0.6 is 15.9 Å². The lowest BCUT2D eigenvalue weighted by Crippen LogP contribution is -2.34. The molecule has 5 nitrogen and oxygen atoms in total. The van der Waals surface area contributed by atoms with Crippen LogP contribution in [0.2, 0.25) is 0 Å². The fraction of sp³-hybridized carbons (Fsp3) is 0.692. The molecule has 1 fully saturated rings. The zero-order valence-electron chi connectivity index (χ0n) is 11.6. The Morgan fingerprint density at radius 2 is 2.05 bits per heavy atom. The van der Waals surface area contributed by atoms with Gasteiger partial charge < -0.3 is 10.6 Å². The van der Waals surface area contributed by atoms with Crippen molar-refractivity contribution in [2.24, 2.45) is 0 Å². The lowest BCUT2D eigenvalue weighted by molar-refractivity contribution is 0.277. The van der Waals surface area contributed by atoms with Gasteiger partial charge in [0, 0.05) is 19.1 Å². The van der Waals surface area contributed by atoms with Gasteiger partial charge in [-0.25, -0.2) is 9.97 Å². The summed E-state index contributed by atoms with van der Waals surface area (Å²) in [7, 11) is 0. The summed E-state index contributed by atoms with van der Waals surface area (Å²) in [6.07, 6.45) is 4.16. The molecule has 1 saturated heterocycles. The third kappa shape index (κ3) is 3.57. The maximum absolute atomic E-state index is 4.31. The van der Waals surface area contributed by atoms with E-state index < -0.39 is 0 Å². The van der Waals surface area contributed by atoms with Crippen LogP contribution in [0, 0.1) is 0 Å². The van der Waals surface area contributed by atoms with Crippen LogP contribution in [-0.2, 0) is 0 Å². The van der Waals surface area contributed by atoms with Crippen molar-refractivity contribution >= 4 is 27.6 Å². The molecule has 2 N–H and O–H groups in total. The molecule has 0 radical (unpaired) electrons. The highest BCUT2D eigenvalue weighted by Crippen LogP contribution is 2.27. The van der Waals surface area contributed by atoms with E-state index in [1.165, 1.54) is 19.4 Å². The monoisotopic (exact) mass is 327 g/mol. The molecule has 0 saturated carbocycles. The molecule has 19 heavy (non-hydrogen) atoms. The van der Waals surface area contributed by atoms with Gasteiger partial charge >= 0.3 is 0 Å². The van der Waals surface area contributed by atoms with Crippen molar-refractivity contribution in [2.45, 2.75) is 32.7 Å². The molecule has 106 valence electrons. The largest absolute Gasteiger partial charge is 0.369 e. The molecule has 2 heterocycles. The number of rotatable bonds is 6. The van der Waals surface area contributed by atoms with Gasteiger partial charge in [-0.05, 0) is 48.8 Å². The SMILES string of the molecule is CCNc1ncnc(NCC2CCCN2CC)c1Br. The third-order valence-electron chi connectivity index (χ3n) is 3.54. The standard InChI is InChI=1S/C13H22BrN5/c1-3-15-12-11(14)13(18-9-17-12)16-8-10-6-5-7-19(10)4-2/h9-10H,3-8H2,1-2H3,(H2,15,16,17,18). The van der Waals surface area contributed by atoms with Gasteiger partial charge in [-0.15, -0.1) is 0 Å². The Morgan fingerprint density at radius 3 is 2.74 bits per heavy atom. The molecule has 1 aliphatic rings. The molecule has 1 aliphatic heterocycles. The average Bonchev–Trinajstić information content (AvgIpc) is 2.87. The predicted molar refractivity (Wildman–Crippen MR) is 82.7 cm³/mol. The first-order valence-corrected chi connectivity index (χ1v) is 7.77. The minimum atomic E-state index is 0.620. The van der Waals surface area contributed by atoms with Gasteiger partial charge in [0.2, 0.25) is 0 Å². The molecule has 2 rings (SSSR count). The lowest BCUT2D eigenvalue weighted by atomic mass is 10.2. The van der Waals surface area contributed by atoms with E-state index in [2.05, 4.69) is 55.3 Å². The van der Waals surface area contributed by atoms with E-state index in [1.54, 1.807) is 6.33 Å². The Labute approximate surface area is 123 Å². The van der Waals surface area contributed by atoms with Crippen LogP contribution in [0.3, 0.4) is 0 Å². The highest BCUT2D eigenvalue weighted by atomic mass is 79.9. The molecule has 0 amide bonds. The van der Waals surface area contributed by atoms with Crippen molar-refractivity contribution in [3.05, 3.63) is 10.8 Å². The summed E-state index contributed by atoms with van der Waals surface area (Å²) < 4.78 is 0.915. The molecule has 0 aliphatic carbocycles. The second kappa shape index (κ2) is 7.05. The fourth-order valence-corrected chi connectivity index (χ4v) is 3.03. The van der Waals surface area contributed by atoms with Gasteiger partial charge in [0.1, 0.15) is 22.4 Å². The number of nitrogens with one attached hydrogen (secondary N) is 2. The van der Waals surface area contributed by atoms with Crippen LogP contribution < -0.4 is 10.6 Å². The van der Waals surface area contributed by atoms with Gasteiger partial charge in [-0.3, -0.25) is 4.90 Å². The topological polar surface area (TPSA) is 53.1 Å². The van der Waals surface area contributed by atoms with E-state index in [4.69, 9.17) is 0 Å². The maximum Gasteiger partial charge on any atom is 0.146 e. The quantitative estimate of drug-likeness (QED) is 0.841. The molecular formula is C13H22BrN5. The number of likely N-dealkylation sites (N-methyl/N-ethyl adjacent to an activating group) is 1. The Bertz CT molecular complexity index is 412. The van der Waals surface area contributed by atoms with Crippen LogP contribution in [0.5, 0.6) is 0 Å². The number of halogens is 1. The van der Waals surface area contributed by atoms with E-state index in [9.17, 15) is 0 Å². The van der Waals surface area contributed by atoms with Crippen LogP contribution in [0.1, 0.15) is 26.7 Å². The molecular weight excluding hydrogens is 306 g/mol. The van der Waals surface area contributed by atoms with E-state index >= 15 is 0 Å². The normalized spacial score (nSPS) is 19.6. The molecule has 1 unspecified atom stereocenters. The summed E-state index contributed by atoms with van der Waals surface area (Å²) >= 11 is 3.56. The van der Waals surface area contributed by atoms with Crippen molar-refractivity contribution in [3.8, 4) is 0 Å². The minimum absolute atomic E-state index is 0.620. The van der Waals surface area contributed by atoms with E-state index in [1.807, 2.05) is 0 Å². The van der Waals surface area contributed by atoms with Crippen molar-refractivity contribution in [2.75, 3.05) is 36.8 Å². The van der Waals surface area contributed by atoms with Crippen molar-refractivity contribution in [3.63, 3.8) is 0 Å². The minimum Gasteiger partial charge on any atom is -0.369 e. The van der Waals surface area contributed by atoms with Crippen molar-refractivity contribution < 1.29 is 0 Å².